The molecular weight excluding hydrogens is 280 g/mol. The minimum Gasteiger partial charge on any atom is -0.382 e. The average molecular weight is 289 g/mol. The Morgan fingerprint density at radius 1 is 1.14 bits per heavy atom. The lowest BCUT2D eigenvalue weighted by Crippen LogP contribution is -1.92. The number of hydrogen-bond acceptors (Lipinski definition) is 3. The molecule has 0 aliphatic rings. The summed E-state index contributed by atoms with van der Waals surface area (Å²) in [5.41, 5.74) is 0. The minimum atomic E-state index is -0.468. The summed E-state index contributed by atoms with van der Waals surface area (Å²) in [7, 11) is 0. The van der Waals surface area contributed by atoms with E-state index in [1.54, 1.807) is 22.7 Å². The van der Waals surface area contributed by atoms with Gasteiger partial charge in [0.2, 0.25) is 0 Å². The highest BCUT2D eigenvalue weighted by Crippen LogP contribution is 2.33. The summed E-state index contributed by atoms with van der Waals surface area (Å²) in [5, 5.41) is 10.0. The molecule has 0 spiro atoms. The normalized spacial score (nSPS) is 13.1. The molecule has 2 heterocycles. The van der Waals surface area contributed by atoms with Crippen molar-refractivity contribution in [2.75, 3.05) is 0 Å². The van der Waals surface area contributed by atoms with Gasteiger partial charge >= 0.3 is 0 Å². The molecule has 4 heteroatoms. The quantitative estimate of drug-likeness (QED) is 0.887. The lowest BCUT2D eigenvalue weighted by molar-refractivity contribution is 0.228. The molecule has 0 aliphatic heterocycles. The topological polar surface area (TPSA) is 20.2 Å². The molecule has 2 aromatic rings. The fourth-order valence-corrected chi connectivity index (χ4v) is 3.60. The Balaban J connectivity index is 2.28. The Bertz CT molecular complexity index is 393. The van der Waals surface area contributed by atoms with E-state index in [0.29, 0.717) is 0 Å². The van der Waals surface area contributed by atoms with E-state index in [-0.39, 0.29) is 0 Å². The Morgan fingerprint density at radius 2 is 1.79 bits per heavy atom. The maximum Gasteiger partial charge on any atom is 0.122 e. The molecule has 1 nitrogen and oxygen atoms in total. The number of rotatable bonds is 2. The van der Waals surface area contributed by atoms with Crippen molar-refractivity contribution in [3.63, 3.8) is 0 Å². The summed E-state index contributed by atoms with van der Waals surface area (Å²) in [5.74, 6) is 0. The van der Waals surface area contributed by atoms with Crippen LogP contribution < -0.4 is 0 Å². The highest BCUT2D eigenvalue weighted by molar-refractivity contribution is 9.11. The number of aliphatic hydroxyl groups excluding tert-OH is 1. The van der Waals surface area contributed by atoms with Crippen LogP contribution in [-0.2, 0) is 0 Å². The zero-order chi connectivity index (χ0) is 10.1. The van der Waals surface area contributed by atoms with Crippen LogP contribution in [0.15, 0.2) is 28.1 Å². The first-order valence-corrected chi connectivity index (χ1v) is 6.59. The number of hydrogen-bond donors (Lipinski definition) is 1. The molecule has 1 N–H and O–H groups in total. The molecule has 0 aromatic carbocycles. The number of thiophene rings is 2. The summed E-state index contributed by atoms with van der Waals surface area (Å²) < 4.78 is 1.06. The van der Waals surface area contributed by atoms with E-state index in [0.717, 1.165) is 13.5 Å². The monoisotopic (exact) mass is 288 g/mol. The molecule has 0 saturated carbocycles. The van der Waals surface area contributed by atoms with Crippen molar-refractivity contribution in [3.8, 4) is 0 Å². The van der Waals surface area contributed by atoms with Gasteiger partial charge in [-0.25, -0.2) is 0 Å². The molecule has 1 unspecified atom stereocenters. The van der Waals surface area contributed by atoms with Crippen molar-refractivity contribution in [2.24, 2.45) is 0 Å². The van der Waals surface area contributed by atoms with Gasteiger partial charge in [-0.05, 0) is 47.1 Å². The smallest absolute Gasteiger partial charge is 0.122 e. The van der Waals surface area contributed by atoms with Crippen molar-refractivity contribution in [1.82, 2.24) is 0 Å². The summed E-state index contributed by atoms with van der Waals surface area (Å²) in [6.45, 7) is 2.05. The van der Waals surface area contributed by atoms with Gasteiger partial charge in [-0.15, -0.1) is 22.7 Å². The molecule has 0 saturated heterocycles. The van der Waals surface area contributed by atoms with E-state index in [1.807, 2.05) is 31.2 Å². The molecule has 0 radical (unpaired) electrons. The maximum absolute atomic E-state index is 10.0. The maximum atomic E-state index is 10.0. The molecule has 14 heavy (non-hydrogen) atoms. The van der Waals surface area contributed by atoms with E-state index in [2.05, 4.69) is 15.9 Å². The van der Waals surface area contributed by atoms with Crippen LogP contribution in [-0.4, -0.2) is 5.11 Å². The van der Waals surface area contributed by atoms with Crippen LogP contribution in [0.25, 0.3) is 0 Å². The number of halogens is 1. The highest BCUT2D eigenvalue weighted by Gasteiger charge is 2.13. The van der Waals surface area contributed by atoms with Gasteiger partial charge in [0.05, 0.1) is 3.79 Å². The zero-order valence-corrected chi connectivity index (χ0v) is 10.7. The molecule has 2 rings (SSSR count). The fourth-order valence-electron chi connectivity index (χ4n) is 1.22. The first-order valence-electron chi connectivity index (χ1n) is 4.16. The highest BCUT2D eigenvalue weighted by atomic mass is 79.9. The molecular formula is C10H9BrOS2. The average Bonchev–Trinajstić information content (AvgIpc) is 2.73. The fraction of sp³-hybridized carbons (Fsp3) is 0.200. The van der Waals surface area contributed by atoms with Crippen LogP contribution in [0, 0.1) is 6.92 Å². The lowest BCUT2D eigenvalue weighted by atomic mass is 10.2. The molecule has 1 atom stereocenters. The Kier molecular flexibility index (Phi) is 3.07. The second-order valence-corrected chi connectivity index (χ2v) is 6.81. The van der Waals surface area contributed by atoms with Crippen molar-refractivity contribution in [1.29, 1.82) is 0 Å². The second kappa shape index (κ2) is 4.14. The summed E-state index contributed by atoms with van der Waals surface area (Å²) in [6.07, 6.45) is -0.468. The van der Waals surface area contributed by atoms with E-state index >= 15 is 0 Å². The van der Waals surface area contributed by atoms with Gasteiger partial charge in [-0.2, -0.15) is 0 Å². The summed E-state index contributed by atoms with van der Waals surface area (Å²) >= 11 is 6.60. The van der Waals surface area contributed by atoms with E-state index in [1.165, 1.54) is 4.88 Å². The van der Waals surface area contributed by atoms with E-state index < -0.39 is 6.10 Å². The van der Waals surface area contributed by atoms with Crippen molar-refractivity contribution in [2.45, 2.75) is 13.0 Å². The third kappa shape index (κ3) is 2.08. The molecule has 0 bridgehead atoms. The van der Waals surface area contributed by atoms with Crippen LogP contribution in [0.2, 0.25) is 0 Å². The molecule has 74 valence electrons. The van der Waals surface area contributed by atoms with E-state index in [4.69, 9.17) is 0 Å². The number of aryl methyl sites for hydroxylation is 1. The predicted molar refractivity (Wildman–Crippen MR) is 65.1 cm³/mol. The molecule has 2 aromatic heterocycles. The van der Waals surface area contributed by atoms with Gasteiger partial charge in [-0.3, -0.25) is 0 Å². The summed E-state index contributed by atoms with van der Waals surface area (Å²) in [4.78, 5) is 3.23. The van der Waals surface area contributed by atoms with E-state index in [9.17, 15) is 5.11 Å². The second-order valence-electron chi connectivity index (χ2n) is 2.99. The molecule has 0 aliphatic carbocycles. The lowest BCUT2D eigenvalue weighted by Gasteiger charge is -2.04. The zero-order valence-electron chi connectivity index (χ0n) is 7.53. The van der Waals surface area contributed by atoms with Crippen LogP contribution in [0.3, 0.4) is 0 Å². The SMILES string of the molecule is Cc1ccc(C(O)c2ccc(Br)s2)s1. The molecule has 0 amide bonds. The molecule has 0 fully saturated rings. The van der Waals surface area contributed by atoms with Gasteiger partial charge in [0.1, 0.15) is 6.10 Å². The van der Waals surface area contributed by atoms with Crippen molar-refractivity contribution >= 4 is 38.6 Å². The Morgan fingerprint density at radius 3 is 2.29 bits per heavy atom. The van der Waals surface area contributed by atoms with Crippen LogP contribution >= 0.6 is 38.6 Å². The van der Waals surface area contributed by atoms with Gasteiger partial charge < -0.3 is 5.11 Å². The van der Waals surface area contributed by atoms with Crippen molar-refractivity contribution in [3.05, 3.63) is 42.7 Å². The first-order chi connectivity index (χ1) is 6.66. The Labute approximate surface area is 99.2 Å². The van der Waals surface area contributed by atoms with Gasteiger partial charge in [-0.1, -0.05) is 0 Å². The third-order valence-corrected chi connectivity index (χ3v) is 4.62. The minimum absolute atomic E-state index is 0.468. The third-order valence-electron chi connectivity index (χ3n) is 1.89. The first kappa shape index (κ1) is 10.4. The van der Waals surface area contributed by atoms with Gasteiger partial charge in [0.15, 0.2) is 0 Å². The van der Waals surface area contributed by atoms with Crippen LogP contribution in [0.4, 0.5) is 0 Å². The Hall–Kier alpha value is -0.160. The standard InChI is InChI=1S/C10H9BrOS2/c1-6-2-3-7(13-6)10(12)8-4-5-9(11)14-8/h2-5,10,12H,1H3. The van der Waals surface area contributed by atoms with Crippen molar-refractivity contribution < 1.29 is 5.11 Å². The largest absolute Gasteiger partial charge is 0.382 e. The van der Waals surface area contributed by atoms with Gasteiger partial charge in [0, 0.05) is 14.6 Å². The van der Waals surface area contributed by atoms with Gasteiger partial charge in [0.25, 0.3) is 0 Å². The summed E-state index contributed by atoms with van der Waals surface area (Å²) in [6, 6.07) is 7.93. The van der Waals surface area contributed by atoms with Crippen LogP contribution in [0.1, 0.15) is 20.7 Å². The predicted octanol–water partition coefficient (Wildman–Crippen LogP) is 3.96. The number of aliphatic hydroxyl groups is 1. The van der Waals surface area contributed by atoms with Crippen LogP contribution in [0.5, 0.6) is 0 Å².